The van der Waals surface area contributed by atoms with Gasteiger partial charge in [-0.05, 0) is 39.0 Å². The van der Waals surface area contributed by atoms with Crippen LogP contribution in [0, 0.1) is 25.2 Å². The highest BCUT2D eigenvalue weighted by Gasteiger charge is 2.24. The standard InChI is InChI=1S/C21H19N3O4S/c1-4-27-21(26)18-16(15(9-22)19(23)29-18)10-28-20(25)14-8-12(3)24-17-6-5-11(2)7-13(14)17/h5-8H,4,10,23H2,1-3H3. The summed E-state index contributed by atoms with van der Waals surface area (Å²) in [4.78, 5) is 29.6. The highest BCUT2D eigenvalue weighted by atomic mass is 32.1. The summed E-state index contributed by atoms with van der Waals surface area (Å²) in [6.07, 6.45) is 0. The molecule has 0 amide bonds. The summed E-state index contributed by atoms with van der Waals surface area (Å²) < 4.78 is 10.5. The van der Waals surface area contributed by atoms with Gasteiger partial charge in [-0.3, -0.25) is 4.98 Å². The molecule has 0 spiro atoms. The Bertz CT molecular complexity index is 1160. The van der Waals surface area contributed by atoms with Crippen molar-refractivity contribution in [3.05, 3.63) is 57.1 Å². The van der Waals surface area contributed by atoms with Gasteiger partial charge in [0.2, 0.25) is 0 Å². The van der Waals surface area contributed by atoms with Crippen LogP contribution < -0.4 is 5.73 Å². The maximum atomic E-state index is 12.8. The van der Waals surface area contributed by atoms with Gasteiger partial charge in [-0.1, -0.05) is 11.6 Å². The summed E-state index contributed by atoms with van der Waals surface area (Å²) in [6.45, 7) is 5.31. The van der Waals surface area contributed by atoms with Gasteiger partial charge in [-0.2, -0.15) is 5.26 Å². The third-order valence-corrected chi connectivity index (χ3v) is 5.31. The van der Waals surface area contributed by atoms with Gasteiger partial charge in [0.05, 0.1) is 23.3 Å². The summed E-state index contributed by atoms with van der Waals surface area (Å²) >= 11 is 0.947. The van der Waals surface area contributed by atoms with Crippen LogP contribution in [0.25, 0.3) is 10.9 Å². The van der Waals surface area contributed by atoms with Crippen LogP contribution in [0.1, 0.15) is 49.3 Å². The Morgan fingerprint density at radius 2 is 1.97 bits per heavy atom. The van der Waals surface area contributed by atoms with E-state index in [1.165, 1.54) is 0 Å². The van der Waals surface area contributed by atoms with Gasteiger partial charge < -0.3 is 15.2 Å². The minimum absolute atomic E-state index is 0.123. The molecule has 3 rings (SSSR count). The number of hydrogen-bond acceptors (Lipinski definition) is 8. The first-order chi connectivity index (χ1) is 13.8. The second-order valence-corrected chi connectivity index (χ2v) is 7.44. The Morgan fingerprint density at radius 3 is 2.66 bits per heavy atom. The first-order valence-electron chi connectivity index (χ1n) is 8.89. The van der Waals surface area contributed by atoms with Gasteiger partial charge in [0.25, 0.3) is 0 Å². The molecule has 0 saturated carbocycles. The van der Waals surface area contributed by atoms with Gasteiger partial charge in [-0.25, -0.2) is 9.59 Å². The molecule has 0 unspecified atom stereocenters. The van der Waals surface area contributed by atoms with E-state index in [9.17, 15) is 14.9 Å². The highest BCUT2D eigenvalue weighted by Crippen LogP contribution is 2.32. The normalized spacial score (nSPS) is 10.6. The fourth-order valence-corrected chi connectivity index (χ4v) is 3.88. The summed E-state index contributed by atoms with van der Waals surface area (Å²) in [5, 5.41) is 10.3. The van der Waals surface area contributed by atoms with Crippen molar-refractivity contribution in [2.24, 2.45) is 0 Å². The van der Waals surface area contributed by atoms with Crippen molar-refractivity contribution in [2.75, 3.05) is 12.3 Å². The van der Waals surface area contributed by atoms with E-state index in [0.29, 0.717) is 22.2 Å². The van der Waals surface area contributed by atoms with Crippen LogP contribution in [-0.4, -0.2) is 23.5 Å². The number of fused-ring (bicyclic) bond motifs is 1. The molecule has 2 N–H and O–H groups in total. The number of carbonyl (C=O) groups is 2. The Labute approximate surface area is 171 Å². The third kappa shape index (κ3) is 4.05. The van der Waals surface area contributed by atoms with E-state index in [2.05, 4.69) is 4.98 Å². The van der Waals surface area contributed by atoms with Crippen LogP contribution in [0.4, 0.5) is 5.00 Å². The number of benzene rings is 1. The van der Waals surface area contributed by atoms with Crippen LogP contribution in [-0.2, 0) is 16.1 Å². The molecule has 0 bridgehead atoms. The lowest BCUT2D eigenvalue weighted by Gasteiger charge is -2.10. The minimum Gasteiger partial charge on any atom is -0.462 e. The number of ether oxygens (including phenoxy) is 2. The summed E-state index contributed by atoms with van der Waals surface area (Å²) in [5.41, 5.74) is 8.96. The summed E-state index contributed by atoms with van der Waals surface area (Å²) in [7, 11) is 0. The zero-order valence-corrected chi connectivity index (χ0v) is 17.1. The average Bonchev–Trinajstić information content (AvgIpc) is 3.01. The number of aryl methyl sites for hydroxylation is 2. The fourth-order valence-electron chi connectivity index (χ4n) is 2.96. The highest BCUT2D eigenvalue weighted by molar-refractivity contribution is 7.18. The number of pyridine rings is 1. The van der Waals surface area contributed by atoms with Crippen molar-refractivity contribution >= 4 is 39.2 Å². The number of nitrogens with two attached hydrogens (primary N) is 1. The average molecular weight is 409 g/mol. The Kier molecular flexibility index (Phi) is 5.80. The van der Waals surface area contributed by atoms with E-state index in [4.69, 9.17) is 15.2 Å². The van der Waals surface area contributed by atoms with E-state index >= 15 is 0 Å². The number of nitrogen functional groups attached to an aromatic ring is 1. The second kappa shape index (κ2) is 8.29. The number of carbonyl (C=O) groups excluding carboxylic acids is 2. The molecule has 1 aromatic carbocycles. The van der Waals surface area contributed by atoms with Crippen LogP contribution in [0.3, 0.4) is 0 Å². The van der Waals surface area contributed by atoms with Crippen molar-refractivity contribution in [2.45, 2.75) is 27.4 Å². The fraction of sp³-hybridized carbons (Fsp3) is 0.238. The van der Waals surface area contributed by atoms with Crippen molar-refractivity contribution in [3.8, 4) is 6.07 Å². The molecule has 7 nitrogen and oxygen atoms in total. The number of nitriles is 1. The molecule has 3 aromatic rings. The maximum absolute atomic E-state index is 12.8. The molecule has 0 atom stereocenters. The first-order valence-corrected chi connectivity index (χ1v) is 9.70. The summed E-state index contributed by atoms with van der Waals surface area (Å²) in [5.74, 6) is -1.17. The van der Waals surface area contributed by atoms with Crippen molar-refractivity contribution in [3.63, 3.8) is 0 Å². The molecule has 29 heavy (non-hydrogen) atoms. The van der Waals surface area contributed by atoms with E-state index in [-0.39, 0.29) is 34.2 Å². The molecule has 2 aromatic heterocycles. The SMILES string of the molecule is CCOC(=O)c1sc(N)c(C#N)c1COC(=O)c1cc(C)nc2ccc(C)cc12. The Balaban J connectivity index is 1.94. The lowest BCUT2D eigenvalue weighted by atomic mass is 10.1. The molecule has 8 heteroatoms. The molecule has 0 aliphatic carbocycles. The van der Waals surface area contributed by atoms with Gasteiger partial charge >= 0.3 is 11.9 Å². The number of aromatic nitrogens is 1. The number of hydrogen-bond donors (Lipinski definition) is 1. The van der Waals surface area contributed by atoms with Gasteiger partial charge in [0, 0.05) is 16.6 Å². The molecular formula is C21H19N3O4S. The van der Waals surface area contributed by atoms with Crippen LogP contribution in [0.5, 0.6) is 0 Å². The second-order valence-electron chi connectivity index (χ2n) is 6.39. The lowest BCUT2D eigenvalue weighted by Crippen LogP contribution is -2.11. The van der Waals surface area contributed by atoms with Gasteiger partial charge in [-0.15, -0.1) is 11.3 Å². The zero-order valence-electron chi connectivity index (χ0n) is 16.2. The topological polar surface area (TPSA) is 115 Å². The molecule has 0 radical (unpaired) electrons. The van der Waals surface area contributed by atoms with E-state index < -0.39 is 11.9 Å². The zero-order chi connectivity index (χ0) is 21.1. The van der Waals surface area contributed by atoms with Crippen LogP contribution >= 0.6 is 11.3 Å². The lowest BCUT2D eigenvalue weighted by molar-refractivity contribution is 0.0454. The van der Waals surface area contributed by atoms with E-state index in [1.807, 2.05) is 31.2 Å². The largest absolute Gasteiger partial charge is 0.462 e. The Hall–Kier alpha value is -3.44. The van der Waals surface area contributed by atoms with Crippen LogP contribution in [0.15, 0.2) is 24.3 Å². The third-order valence-electron chi connectivity index (χ3n) is 4.27. The number of anilines is 1. The van der Waals surface area contributed by atoms with Crippen LogP contribution in [0.2, 0.25) is 0 Å². The summed E-state index contributed by atoms with van der Waals surface area (Å²) in [6, 6.07) is 9.26. The van der Waals surface area contributed by atoms with Crippen molar-refractivity contribution < 1.29 is 19.1 Å². The number of esters is 2. The van der Waals surface area contributed by atoms with Gasteiger partial charge in [0.15, 0.2) is 0 Å². The predicted octanol–water partition coefficient (Wildman–Crippen LogP) is 3.90. The first kappa shape index (κ1) is 20.3. The molecule has 0 aliphatic heterocycles. The van der Waals surface area contributed by atoms with Crippen molar-refractivity contribution in [1.82, 2.24) is 4.98 Å². The minimum atomic E-state index is -0.599. The monoisotopic (exact) mass is 409 g/mol. The predicted molar refractivity (Wildman–Crippen MR) is 110 cm³/mol. The number of thiophene rings is 1. The van der Waals surface area contributed by atoms with Gasteiger partial charge in [0.1, 0.15) is 22.6 Å². The molecule has 0 saturated heterocycles. The molecule has 2 heterocycles. The molecular weight excluding hydrogens is 390 g/mol. The Morgan fingerprint density at radius 1 is 1.21 bits per heavy atom. The molecule has 0 fully saturated rings. The van der Waals surface area contributed by atoms with Crippen molar-refractivity contribution in [1.29, 1.82) is 5.26 Å². The molecule has 0 aliphatic rings. The smallest absolute Gasteiger partial charge is 0.348 e. The quantitative estimate of drug-likeness (QED) is 0.635. The molecule has 148 valence electrons. The van der Waals surface area contributed by atoms with E-state index in [0.717, 1.165) is 16.9 Å². The maximum Gasteiger partial charge on any atom is 0.348 e. The number of nitrogens with zero attached hydrogens (tertiary/aromatic N) is 2. The van der Waals surface area contributed by atoms with E-state index in [1.54, 1.807) is 19.9 Å². The number of rotatable bonds is 5.